The number of nitrogens with zero attached hydrogens (tertiary/aromatic N) is 3. The predicted molar refractivity (Wildman–Crippen MR) is 131 cm³/mol. The fourth-order valence-corrected chi connectivity index (χ4v) is 3.67. The van der Waals surface area contributed by atoms with Crippen LogP contribution >= 0.6 is 0 Å². The molecule has 1 N–H and O–H groups in total. The molecule has 0 bridgehead atoms. The van der Waals surface area contributed by atoms with Gasteiger partial charge in [-0.2, -0.15) is 5.10 Å². The maximum atomic E-state index is 10.4. The second kappa shape index (κ2) is 12.2. The van der Waals surface area contributed by atoms with E-state index in [4.69, 9.17) is 21.0 Å². The summed E-state index contributed by atoms with van der Waals surface area (Å²) in [4.78, 5) is 2.20. The van der Waals surface area contributed by atoms with Crippen LogP contribution in [0, 0.1) is 26.2 Å². The van der Waals surface area contributed by atoms with Crippen molar-refractivity contribution in [2.75, 3.05) is 26.3 Å². The SMILES string of the molecule is C#CCOC[C@@H](O)CN(CCC)Cc1c(C)nn(-c2ccccc2)c1Oc1ccc(C)cc1. The van der Waals surface area contributed by atoms with Gasteiger partial charge in [0.1, 0.15) is 12.4 Å². The molecule has 0 aliphatic carbocycles. The van der Waals surface area contributed by atoms with Crippen molar-refractivity contribution < 1.29 is 14.6 Å². The lowest BCUT2D eigenvalue weighted by Crippen LogP contribution is -2.35. The summed E-state index contributed by atoms with van der Waals surface area (Å²) < 4.78 is 13.6. The summed E-state index contributed by atoms with van der Waals surface area (Å²) in [6.07, 6.45) is 5.56. The molecule has 0 aliphatic rings. The molecule has 33 heavy (non-hydrogen) atoms. The number of para-hydroxylation sites is 1. The zero-order valence-electron chi connectivity index (χ0n) is 19.7. The Morgan fingerprint density at radius 1 is 1.12 bits per heavy atom. The molecule has 0 spiro atoms. The molecule has 0 saturated carbocycles. The second-order valence-corrected chi connectivity index (χ2v) is 8.14. The second-order valence-electron chi connectivity index (χ2n) is 8.14. The van der Waals surface area contributed by atoms with Gasteiger partial charge in [0.2, 0.25) is 5.88 Å². The highest BCUT2D eigenvalue weighted by molar-refractivity contribution is 5.43. The van der Waals surface area contributed by atoms with Crippen LogP contribution in [-0.2, 0) is 11.3 Å². The Morgan fingerprint density at radius 3 is 2.52 bits per heavy atom. The number of aliphatic hydroxyl groups excluding tert-OH is 1. The first-order valence-corrected chi connectivity index (χ1v) is 11.3. The van der Waals surface area contributed by atoms with Gasteiger partial charge in [0.05, 0.1) is 29.7 Å². The van der Waals surface area contributed by atoms with Gasteiger partial charge in [0.25, 0.3) is 0 Å². The highest BCUT2D eigenvalue weighted by atomic mass is 16.5. The molecule has 0 fully saturated rings. The van der Waals surface area contributed by atoms with Crippen molar-refractivity contribution in [2.24, 2.45) is 0 Å². The minimum Gasteiger partial charge on any atom is -0.439 e. The molecular formula is C27H33N3O3. The largest absolute Gasteiger partial charge is 0.439 e. The highest BCUT2D eigenvalue weighted by Crippen LogP contribution is 2.31. The predicted octanol–water partition coefficient (Wildman–Crippen LogP) is 4.50. The van der Waals surface area contributed by atoms with Crippen LogP contribution in [0.3, 0.4) is 0 Å². The Balaban J connectivity index is 1.91. The first-order chi connectivity index (χ1) is 16.0. The van der Waals surface area contributed by atoms with Crippen LogP contribution in [0.5, 0.6) is 11.6 Å². The molecule has 2 aromatic carbocycles. The topological polar surface area (TPSA) is 59.8 Å². The summed E-state index contributed by atoms with van der Waals surface area (Å²) in [5.74, 6) is 3.86. The van der Waals surface area contributed by atoms with Crippen LogP contribution in [0.25, 0.3) is 5.69 Å². The van der Waals surface area contributed by atoms with E-state index in [1.54, 1.807) is 0 Å². The molecule has 0 unspecified atom stereocenters. The standard InChI is InChI=1S/C27H33N3O3/c1-5-16-29(18-24(31)20-32-17-6-2)19-26-22(4)28-30(23-10-8-7-9-11-23)27(26)33-25-14-12-21(3)13-15-25/h2,7-15,24,31H,5,16-20H2,1,3-4H3/t24-/m0/s1. The van der Waals surface area contributed by atoms with E-state index in [2.05, 4.69) is 24.7 Å². The van der Waals surface area contributed by atoms with Gasteiger partial charge in [-0.15, -0.1) is 6.42 Å². The number of ether oxygens (including phenoxy) is 2. The maximum Gasteiger partial charge on any atom is 0.227 e. The summed E-state index contributed by atoms with van der Waals surface area (Å²) >= 11 is 0. The molecule has 1 atom stereocenters. The Hall–Kier alpha value is -3.11. The van der Waals surface area contributed by atoms with E-state index in [-0.39, 0.29) is 13.2 Å². The minimum absolute atomic E-state index is 0.197. The number of aliphatic hydroxyl groups is 1. The average molecular weight is 448 g/mol. The van der Waals surface area contributed by atoms with Gasteiger partial charge in [-0.05, 0) is 51.1 Å². The summed E-state index contributed by atoms with van der Waals surface area (Å²) in [7, 11) is 0. The molecule has 0 radical (unpaired) electrons. The Kier molecular flexibility index (Phi) is 9.08. The van der Waals surface area contributed by atoms with Crippen molar-refractivity contribution in [1.82, 2.24) is 14.7 Å². The van der Waals surface area contributed by atoms with Gasteiger partial charge in [0.15, 0.2) is 0 Å². The third kappa shape index (κ3) is 6.93. The highest BCUT2D eigenvalue weighted by Gasteiger charge is 2.22. The van der Waals surface area contributed by atoms with Gasteiger partial charge < -0.3 is 14.6 Å². The molecule has 3 aromatic rings. The molecule has 0 amide bonds. The van der Waals surface area contributed by atoms with Crippen molar-refractivity contribution in [3.05, 3.63) is 71.4 Å². The monoisotopic (exact) mass is 447 g/mol. The van der Waals surface area contributed by atoms with Crippen LogP contribution in [0.2, 0.25) is 0 Å². The van der Waals surface area contributed by atoms with Gasteiger partial charge in [-0.1, -0.05) is 48.7 Å². The van der Waals surface area contributed by atoms with Gasteiger partial charge in [0, 0.05) is 13.1 Å². The minimum atomic E-state index is -0.629. The lowest BCUT2D eigenvalue weighted by Gasteiger charge is -2.25. The Bertz CT molecular complexity index is 1040. The Morgan fingerprint density at radius 2 is 1.85 bits per heavy atom. The summed E-state index contributed by atoms with van der Waals surface area (Å²) in [6, 6.07) is 18.0. The van der Waals surface area contributed by atoms with Crippen LogP contribution in [0.4, 0.5) is 0 Å². The molecule has 174 valence electrons. The first kappa shape index (κ1) is 24.5. The molecule has 1 heterocycles. The number of rotatable bonds is 12. The lowest BCUT2D eigenvalue weighted by atomic mass is 10.2. The van der Waals surface area contributed by atoms with E-state index >= 15 is 0 Å². The van der Waals surface area contributed by atoms with Gasteiger partial charge in [-0.25, -0.2) is 4.68 Å². The van der Waals surface area contributed by atoms with Crippen molar-refractivity contribution in [3.8, 4) is 29.7 Å². The maximum absolute atomic E-state index is 10.4. The van der Waals surface area contributed by atoms with Crippen molar-refractivity contribution in [2.45, 2.75) is 39.8 Å². The van der Waals surface area contributed by atoms with Gasteiger partial charge >= 0.3 is 0 Å². The van der Waals surface area contributed by atoms with Crippen molar-refractivity contribution in [3.63, 3.8) is 0 Å². The summed E-state index contributed by atoms with van der Waals surface area (Å²) in [6.45, 7) is 8.46. The van der Waals surface area contributed by atoms with E-state index in [0.29, 0.717) is 19.0 Å². The van der Waals surface area contributed by atoms with E-state index in [0.717, 1.165) is 35.7 Å². The number of hydrogen-bond donors (Lipinski definition) is 1. The van der Waals surface area contributed by atoms with Crippen LogP contribution in [0.15, 0.2) is 54.6 Å². The first-order valence-electron chi connectivity index (χ1n) is 11.3. The fourth-order valence-electron chi connectivity index (χ4n) is 3.67. The molecule has 3 rings (SSSR count). The number of aryl methyl sites for hydroxylation is 2. The number of hydrogen-bond acceptors (Lipinski definition) is 5. The number of terminal acetylenes is 1. The zero-order chi connectivity index (χ0) is 23.6. The van der Waals surface area contributed by atoms with E-state index in [9.17, 15) is 5.11 Å². The van der Waals surface area contributed by atoms with E-state index < -0.39 is 6.10 Å². The lowest BCUT2D eigenvalue weighted by molar-refractivity contribution is 0.0259. The van der Waals surface area contributed by atoms with Crippen LogP contribution in [0.1, 0.15) is 30.2 Å². The molecular weight excluding hydrogens is 414 g/mol. The Labute approximate surface area is 196 Å². The van der Waals surface area contributed by atoms with E-state index in [1.807, 2.05) is 66.2 Å². The molecule has 6 nitrogen and oxygen atoms in total. The normalized spacial score (nSPS) is 12.0. The van der Waals surface area contributed by atoms with Gasteiger partial charge in [-0.3, -0.25) is 4.90 Å². The molecule has 6 heteroatoms. The van der Waals surface area contributed by atoms with E-state index in [1.165, 1.54) is 5.56 Å². The van der Waals surface area contributed by atoms with Crippen molar-refractivity contribution >= 4 is 0 Å². The molecule has 0 saturated heterocycles. The van der Waals surface area contributed by atoms with Crippen molar-refractivity contribution in [1.29, 1.82) is 0 Å². The third-order valence-electron chi connectivity index (χ3n) is 5.26. The fraction of sp³-hybridized carbons (Fsp3) is 0.370. The average Bonchev–Trinajstić information content (AvgIpc) is 3.11. The third-order valence-corrected chi connectivity index (χ3v) is 5.26. The molecule has 0 aliphatic heterocycles. The summed E-state index contributed by atoms with van der Waals surface area (Å²) in [5.41, 5.74) is 3.98. The zero-order valence-corrected chi connectivity index (χ0v) is 19.7. The molecule has 1 aromatic heterocycles. The van der Waals surface area contributed by atoms with Crippen LogP contribution < -0.4 is 4.74 Å². The van der Waals surface area contributed by atoms with Crippen LogP contribution in [-0.4, -0.2) is 52.2 Å². The number of benzene rings is 2. The number of aromatic nitrogens is 2. The smallest absolute Gasteiger partial charge is 0.227 e. The summed E-state index contributed by atoms with van der Waals surface area (Å²) in [5, 5.41) is 15.2. The quantitative estimate of drug-likeness (QED) is 0.327.